The number of rotatable bonds is 3. The first-order valence-corrected chi connectivity index (χ1v) is 5.26. The van der Waals surface area contributed by atoms with E-state index < -0.39 is 0 Å². The number of amides is 1. The van der Waals surface area contributed by atoms with E-state index in [1.807, 2.05) is 24.3 Å². The van der Waals surface area contributed by atoms with E-state index in [4.69, 9.17) is 9.47 Å². The number of carbonyl (C=O) groups excluding carboxylic acids is 1. The molecular formula is C13H14LiNO3. The van der Waals surface area contributed by atoms with E-state index in [0.717, 1.165) is 17.1 Å². The Kier molecular flexibility index (Phi) is 5.57. The van der Waals surface area contributed by atoms with Crippen LogP contribution in [0.4, 0.5) is 0 Å². The summed E-state index contributed by atoms with van der Waals surface area (Å²) in [6.07, 6.45) is 6.83. The number of nitrogens with one attached hydrogen (secondary N) is 1. The molecule has 1 aliphatic heterocycles. The van der Waals surface area contributed by atoms with Gasteiger partial charge in [-0.15, -0.1) is 0 Å². The Balaban J connectivity index is 0.00000162. The molecule has 90 valence electrons. The Morgan fingerprint density at radius 2 is 2.06 bits per heavy atom. The minimum absolute atomic E-state index is 0. The van der Waals surface area contributed by atoms with Crippen molar-refractivity contribution in [3.05, 3.63) is 42.0 Å². The normalized spacial score (nSPS) is 12.7. The van der Waals surface area contributed by atoms with Crippen LogP contribution in [0.15, 0.2) is 36.4 Å². The number of benzene rings is 1. The molecule has 18 heavy (non-hydrogen) atoms. The van der Waals surface area contributed by atoms with Crippen molar-refractivity contribution in [3.8, 4) is 11.5 Å². The molecule has 0 atom stereocenters. The third-order valence-electron chi connectivity index (χ3n) is 2.29. The molecule has 5 heteroatoms. The minimum atomic E-state index is -0.125. The van der Waals surface area contributed by atoms with Gasteiger partial charge in [-0.25, -0.2) is 0 Å². The van der Waals surface area contributed by atoms with Gasteiger partial charge in [0, 0.05) is 13.1 Å². The molecule has 4 nitrogen and oxygen atoms in total. The molecule has 1 aromatic rings. The van der Waals surface area contributed by atoms with Crippen molar-refractivity contribution in [2.45, 2.75) is 0 Å². The molecule has 1 N–H and O–H groups in total. The number of hydrogen-bond donors (Lipinski definition) is 1. The molecule has 1 amide bonds. The van der Waals surface area contributed by atoms with Crippen molar-refractivity contribution in [2.24, 2.45) is 0 Å². The SMILES string of the molecule is CNC(=O)C=CC=Cc1ccc2c(c1)OCO2.[LiH]. The zero-order valence-corrected chi connectivity index (χ0v) is 9.47. The number of allylic oxidation sites excluding steroid dienone is 2. The molecule has 0 aliphatic carbocycles. The van der Waals surface area contributed by atoms with Crippen molar-refractivity contribution in [1.82, 2.24) is 5.32 Å². The summed E-state index contributed by atoms with van der Waals surface area (Å²) in [7, 11) is 1.59. The Morgan fingerprint density at radius 3 is 2.83 bits per heavy atom. The van der Waals surface area contributed by atoms with Crippen LogP contribution in [0.25, 0.3) is 6.08 Å². The van der Waals surface area contributed by atoms with E-state index in [1.165, 1.54) is 6.08 Å². The van der Waals surface area contributed by atoms with Gasteiger partial charge in [0.25, 0.3) is 0 Å². The van der Waals surface area contributed by atoms with E-state index in [2.05, 4.69) is 5.32 Å². The first kappa shape index (κ1) is 14.4. The zero-order chi connectivity index (χ0) is 12.1. The summed E-state index contributed by atoms with van der Waals surface area (Å²) >= 11 is 0. The van der Waals surface area contributed by atoms with Gasteiger partial charge in [-0.1, -0.05) is 24.3 Å². The van der Waals surface area contributed by atoms with Crippen molar-refractivity contribution in [2.75, 3.05) is 13.8 Å². The summed E-state index contributed by atoms with van der Waals surface area (Å²) in [6.45, 7) is 0.277. The van der Waals surface area contributed by atoms with Crippen LogP contribution in [0.3, 0.4) is 0 Å². The molecule has 0 saturated heterocycles. The van der Waals surface area contributed by atoms with E-state index in [9.17, 15) is 4.79 Å². The van der Waals surface area contributed by atoms with Crippen LogP contribution in [0.1, 0.15) is 5.56 Å². The van der Waals surface area contributed by atoms with Gasteiger partial charge in [0.1, 0.15) is 0 Å². The fraction of sp³-hybridized carbons (Fsp3) is 0.154. The van der Waals surface area contributed by atoms with Crippen LogP contribution in [0.2, 0.25) is 0 Å². The van der Waals surface area contributed by atoms with Crippen LogP contribution in [-0.4, -0.2) is 38.6 Å². The molecule has 1 aromatic carbocycles. The fourth-order valence-corrected chi connectivity index (χ4v) is 1.41. The van der Waals surface area contributed by atoms with Crippen LogP contribution >= 0.6 is 0 Å². The topological polar surface area (TPSA) is 47.6 Å². The van der Waals surface area contributed by atoms with Gasteiger partial charge < -0.3 is 14.8 Å². The summed E-state index contributed by atoms with van der Waals surface area (Å²) < 4.78 is 10.5. The second-order valence-electron chi connectivity index (χ2n) is 3.45. The second-order valence-corrected chi connectivity index (χ2v) is 3.45. The van der Waals surface area contributed by atoms with Gasteiger partial charge in [0.05, 0.1) is 0 Å². The number of ether oxygens (including phenoxy) is 2. The average molecular weight is 239 g/mol. The van der Waals surface area contributed by atoms with Gasteiger partial charge in [0.15, 0.2) is 11.5 Å². The first-order chi connectivity index (χ1) is 8.29. The Labute approximate surface area is 118 Å². The molecule has 1 aliphatic rings. The van der Waals surface area contributed by atoms with E-state index in [0.29, 0.717) is 0 Å². The summed E-state index contributed by atoms with van der Waals surface area (Å²) in [4.78, 5) is 10.9. The predicted octanol–water partition coefficient (Wildman–Crippen LogP) is 1.08. The molecule has 1 heterocycles. The molecule has 0 spiro atoms. The maximum absolute atomic E-state index is 10.9. The molecule has 0 radical (unpaired) electrons. The van der Waals surface area contributed by atoms with Crippen molar-refractivity contribution < 1.29 is 14.3 Å². The maximum atomic E-state index is 10.9. The summed E-state index contributed by atoms with van der Waals surface area (Å²) in [6, 6.07) is 5.69. The molecule has 0 aromatic heterocycles. The van der Waals surface area contributed by atoms with Crippen LogP contribution in [0.5, 0.6) is 11.5 Å². The Morgan fingerprint density at radius 1 is 1.28 bits per heavy atom. The summed E-state index contributed by atoms with van der Waals surface area (Å²) in [5.74, 6) is 1.39. The summed E-state index contributed by atoms with van der Waals surface area (Å²) in [5.41, 5.74) is 0.996. The van der Waals surface area contributed by atoms with Crippen LogP contribution < -0.4 is 14.8 Å². The number of hydrogen-bond acceptors (Lipinski definition) is 3. The van der Waals surface area contributed by atoms with Gasteiger partial charge in [0.2, 0.25) is 12.7 Å². The summed E-state index contributed by atoms with van der Waals surface area (Å²) in [5, 5.41) is 2.50. The van der Waals surface area contributed by atoms with Crippen molar-refractivity contribution in [3.63, 3.8) is 0 Å². The number of carbonyl (C=O) groups is 1. The van der Waals surface area contributed by atoms with Gasteiger partial charge in [-0.2, -0.15) is 0 Å². The Bertz CT molecular complexity index is 483. The van der Waals surface area contributed by atoms with Gasteiger partial charge in [-0.3, -0.25) is 4.79 Å². The molecule has 0 unspecified atom stereocenters. The number of likely N-dealkylation sites (N-methyl/N-ethyl adjacent to an activating group) is 1. The van der Waals surface area contributed by atoms with Gasteiger partial charge >= 0.3 is 18.9 Å². The standard InChI is InChI=1S/C13H13NO3.Li.H/c1-14-13(15)5-3-2-4-10-6-7-11-12(8-10)17-9-16-11;;/h2-8H,9H2,1H3,(H,14,15);;. The van der Waals surface area contributed by atoms with E-state index >= 15 is 0 Å². The van der Waals surface area contributed by atoms with E-state index in [1.54, 1.807) is 19.2 Å². The second kappa shape index (κ2) is 6.95. The zero-order valence-electron chi connectivity index (χ0n) is 9.47. The van der Waals surface area contributed by atoms with Gasteiger partial charge in [-0.05, 0) is 17.7 Å². The third-order valence-corrected chi connectivity index (χ3v) is 2.29. The number of fused-ring (bicyclic) bond motifs is 1. The molecule has 0 fully saturated rings. The molecule has 0 saturated carbocycles. The van der Waals surface area contributed by atoms with Crippen molar-refractivity contribution in [1.29, 1.82) is 0 Å². The monoisotopic (exact) mass is 239 g/mol. The molecular weight excluding hydrogens is 225 g/mol. The molecule has 0 bridgehead atoms. The fourth-order valence-electron chi connectivity index (χ4n) is 1.41. The first-order valence-electron chi connectivity index (χ1n) is 5.26. The molecule has 2 rings (SSSR count). The third kappa shape index (κ3) is 3.69. The van der Waals surface area contributed by atoms with Crippen LogP contribution in [-0.2, 0) is 4.79 Å². The quantitative estimate of drug-likeness (QED) is 0.488. The predicted molar refractivity (Wildman–Crippen MR) is 72.0 cm³/mol. The van der Waals surface area contributed by atoms with Crippen LogP contribution in [0, 0.1) is 0 Å². The van der Waals surface area contributed by atoms with Crippen molar-refractivity contribution >= 4 is 30.8 Å². The average Bonchev–Trinajstić information content (AvgIpc) is 2.81. The van der Waals surface area contributed by atoms with E-state index in [-0.39, 0.29) is 31.6 Å². The Hall–Kier alpha value is -1.63.